The Kier molecular flexibility index (Phi) is 5.13. The number of nitrogens with zero attached hydrogens (tertiary/aromatic N) is 2. The first kappa shape index (κ1) is 18.0. The van der Waals surface area contributed by atoms with Crippen LogP contribution in [0.4, 0.5) is 14.9 Å². The predicted octanol–water partition coefficient (Wildman–Crippen LogP) is 5.16. The van der Waals surface area contributed by atoms with Crippen molar-refractivity contribution in [1.29, 1.82) is 0 Å². The van der Waals surface area contributed by atoms with Crippen molar-refractivity contribution in [3.63, 3.8) is 0 Å². The van der Waals surface area contributed by atoms with E-state index in [0.29, 0.717) is 47.4 Å². The number of carbonyl (C=O) groups is 1. The maximum atomic E-state index is 13.8. The summed E-state index contributed by atoms with van der Waals surface area (Å²) in [4.78, 5) is 18.4. The van der Waals surface area contributed by atoms with E-state index in [9.17, 15) is 9.18 Å². The van der Waals surface area contributed by atoms with Crippen LogP contribution < -0.4 is 10.1 Å². The van der Waals surface area contributed by atoms with E-state index in [-0.39, 0.29) is 18.0 Å². The number of benzene rings is 2. The molecule has 0 spiro atoms. The molecule has 1 fully saturated rings. The number of carbonyl (C=O) groups excluding carboxylic acids is 1. The molecule has 0 radical (unpaired) electrons. The van der Waals surface area contributed by atoms with Crippen molar-refractivity contribution < 1.29 is 13.9 Å². The fourth-order valence-corrected chi connectivity index (χ4v) is 4.10. The fourth-order valence-electron chi connectivity index (χ4n) is 3.02. The van der Waals surface area contributed by atoms with Crippen molar-refractivity contribution >= 4 is 44.9 Å². The molecule has 2 amide bonds. The van der Waals surface area contributed by atoms with Gasteiger partial charge in [0, 0.05) is 25.9 Å². The van der Waals surface area contributed by atoms with E-state index in [1.54, 1.807) is 23.1 Å². The van der Waals surface area contributed by atoms with Crippen LogP contribution in [0.2, 0.25) is 5.02 Å². The molecule has 8 heteroatoms. The molecule has 1 aliphatic rings. The van der Waals surface area contributed by atoms with Crippen molar-refractivity contribution in [2.75, 3.05) is 18.4 Å². The molecule has 4 rings (SSSR count). The predicted molar refractivity (Wildman–Crippen MR) is 105 cm³/mol. The van der Waals surface area contributed by atoms with E-state index in [0.717, 1.165) is 4.70 Å². The van der Waals surface area contributed by atoms with Gasteiger partial charge in [0.15, 0.2) is 0 Å². The molecule has 140 valence electrons. The lowest BCUT2D eigenvalue weighted by molar-refractivity contribution is 0.115. The van der Waals surface area contributed by atoms with Gasteiger partial charge in [-0.3, -0.25) is 0 Å². The van der Waals surface area contributed by atoms with Crippen molar-refractivity contribution in [1.82, 2.24) is 9.88 Å². The van der Waals surface area contributed by atoms with E-state index < -0.39 is 0 Å². The number of urea groups is 1. The van der Waals surface area contributed by atoms with Crippen LogP contribution >= 0.6 is 22.9 Å². The molecule has 0 atom stereocenters. The van der Waals surface area contributed by atoms with E-state index in [1.165, 1.54) is 17.4 Å². The normalized spacial score (nSPS) is 15.1. The topological polar surface area (TPSA) is 54.5 Å². The highest BCUT2D eigenvalue weighted by atomic mass is 35.5. The van der Waals surface area contributed by atoms with Gasteiger partial charge in [-0.1, -0.05) is 41.1 Å². The molecule has 27 heavy (non-hydrogen) atoms. The van der Waals surface area contributed by atoms with E-state index in [1.807, 2.05) is 18.2 Å². The third kappa shape index (κ3) is 3.99. The van der Waals surface area contributed by atoms with Crippen LogP contribution in [0.1, 0.15) is 12.8 Å². The SMILES string of the molecule is O=C(Nc1ccccc1Cl)N1CCC(Oc2nc3c(F)cccc3s2)CC1. The number of aromatic nitrogens is 1. The van der Waals surface area contributed by atoms with Crippen LogP contribution in [0.25, 0.3) is 10.2 Å². The van der Waals surface area contributed by atoms with Crippen molar-refractivity contribution in [3.05, 3.63) is 53.3 Å². The molecule has 5 nitrogen and oxygen atoms in total. The van der Waals surface area contributed by atoms with Crippen LogP contribution in [0.5, 0.6) is 5.19 Å². The largest absolute Gasteiger partial charge is 0.467 e. The molecule has 3 aromatic rings. The number of halogens is 2. The Labute approximate surface area is 164 Å². The van der Waals surface area contributed by atoms with Gasteiger partial charge in [-0.2, -0.15) is 4.98 Å². The molecule has 1 aliphatic heterocycles. The Morgan fingerprint density at radius 2 is 2.00 bits per heavy atom. The number of fused-ring (bicyclic) bond motifs is 1. The molecule has 1 aromatic heterocycles. The van der Waals surface area contributed by atoms with Gasteiger partial charge in [0.2, 0.25) is 0 Å². The summed E-state index contributed by atoms with van der Waals surface area (Å²) in [6.45, 7) is 1.14. The summed E-state index contributed by atoms with van der Waals surface area (Å²) in [5.74, 6) is -0.343. The highest BCUT2D eigenvalue weighted by molar-refractivity contribution is 7.20. The lowest BCUT2D eigenvalue weighted by atomic mass is 10.1. The standard InChI is InChI=1S/C19H17ClFN3O2S/c20-13-4-1-2-6-15(13)22-18(25)24-10-8-12(9-11-24)26-19-23-17-14(21)5-3-7-16(17)27-19/h1-7,12H,8-11H2,(H,22,25). The van der Waals surface area contributed by atoms with E-state index in [4.69, 9.17) is 16.3 Å². The number of likely N-dealkylation sites (tertiary alicyclic amines) is 1. The quantitative estimate of drug-likeness (QED) is 0.654. The van der Waals surface area contributed by atoms with Crippen LogP contribution in [0.3, 0.4) is 0 Å². The zero-order valence-corrected chi connectivity index (χ0v) is 15.9. The van der Waals surface area contributed by atoms with Crippen LogP contribution in [-0.4, -0.2) is 35.1 Å². The number of rotatable bonds is 3. The number of thiazole rings is 1. The van der Waals surface area contributed by atoms with Crippen LogP contribution in [0, 0.1) is 5.82 Å². The fraction of sp³-hybridized carbons (Fsp3) is 0.263. The second-order valence-corrected chi connectivity index (χ2v) is 7.68. The Balaban J connectivity index is 1.33. The molecule has 0 unspecified atom stereocenters. The smallest absolute Gasteiger partial charge is 0.321 e. The van der Waals surface area contributed by atoms with Gasteiger partial charge in [0.25, 0.3) is 5.19 Å². The zero-order chi connectivity index (χ0) is 18.8. The molecular formula is C19H17ClFN3O2S. The average molecular weight is 406 g/mol. The van der Waals surface area contributed by atoms with Gasteiger partial charge in [-0.05, 0) is 24.3 Å². The molecule has 2 heterocycles. The molecule has 1 N–H and O–H groups in total. The van der Waals surface area contributed by atoms with Crippen molar-refractivity contribution in [2.24, 2.45) is 0 Å². The lowest BCUT2D eigenvalue weighted by Crippen LogP contribution is -2.43. The Morgan fingerprint density at radius 3 is 2.74 bits per heavy atom. The number of ether oxygens (including phenoxy) is 1. The summed E-state index contributed by atoms with van der Waals surface area (Å²) in [6, 6.07) is 11.8. The van der Waals surface area contributed by atoms with Crippen molar-refractivity contribution in [3.8, 4) is 5.19 Å². The first-order chi connectivity index (χ1) is 13.1. The number of anilines is 1. The molecule has 2 aromatic carbocycles. The maximum Gasteiger partial charge on any atom is 0.321 e. The summed E-state index contributed by atoms with van der Waals surface area (Å²) >= 11 is 7.41. The summed E-state index contributed by atoms with van der Waals surface area (Å²) in [5, 5.41) is 3.80. The number of amides is 2. The molecule has 0 aliphatic carbocycles. The number of para-hydroxylation sites is 2. The number of piperidine rings is 1. The first-order valence-corrected chi connectivity index (χ1v) is 9.82. The monoisotopic (exact) mass is 405 g/mol. The second kappa shape index (κ2) is 7.70. The van der Waals surface area contributed by atoms with Crippen LogP contribution in [-0.2, 0) is 0 Å². The third-order valence-electron chi connectivity index (χ3n) is 4.46. The Hall–Kier alpha value is -2.38. The van der Waals surface area contributed by atoms with Crippen LogP contribution in [0.15, 0.2) is 42.5 Å². The molecular weight excluding hydrogens is 389 g/mol. The summed E-state index contributed by atoms with van der Waals surface area (Å²) in [7, 11) is 0. The lowest BCUT2D eigenvalue weighted by Gasteiger charge is -2.31. The van der Waals surface area contributed by atoms with Crippen molar-refractivity contribution in [2.45, 2.75) is 18.9 Å². The summed E-state index contributed by atoms with van der Waals surface area (Å²) in [6.07, 6.45) is 1.33. The van der Waals surface area contributed by atoms with Gasteiger partial charge < -0.3 is 15.0 Å². The number of nitrogens with one attached hydrogen (secondary N) is 1. The van der Waals surface area contributed by atoms with Gasteiger partial charge >= 0.3 is 6.03 Å². The van der Waals surface area contributed by atoms with Gasteiger partial charge in [-0.15, -0.1) is 0 Å². The minimum Gasteiger partial charge on any atom is -0.467 e. The number of hydrogen-bond donors (Lipinski definition) is 1. The maximum absolute atomic E-state index is 13.8. The summed E-state index contributed by atoms with van der Waals surface area (Å²) < 4.78 is 20.4. The van der Waals surface area contributed by atoms with Gasteiger partial charge in [-0.25, -0.2) is 9.18 Å². The minimum atomic E-state index is -0.343. The first-order valence-electron chi connectivity index (χ1n) is 8.62. The molecule has 0 saturated carbocycles. The number of hydrogen-bond acceptors (Lipinski definition) is 4. The highest BCUT2D eigenvalue weighted by Gasteiger charge is 2.25. The Bertz CT molecular complexity index is 972. The zero-order valence-electron chi connectivity index (χ0n) is 14.3. The van der Waals surface area contributed by atoms with E-state index >= 15 is 0 Å². The second-order valence-electron chi connectivity index (χ2n) is 6.28. The minimum absolute atomic E-state index is 0.0435. The molecule has 0 bridgehead atoms. The highest BCUT2D eigenvalue weighted by Crippen LogP contribution is 2.31. The van der Waals surface area contributed by atoms with E-state index in [2.05, 4.69) is 10.3 Å². The molecule has 1 saturated heterocycles. The third-order valence-corrected chi connectivity index (χ3v) is 5.70. The van der Waals surface area contributed by atoms with Gasteiger partial charge in [0.1, 0.15) is 17.4 Å². The summed E-state index contributed by atoms with van der Waals surface area (Å²) in [5.41, 5.74) is 0.938. The average Bonchev–Trinajstić information content (AvgIpc) is 3.08. The van der Waals surface area contributed by atoms with Gasteiger partial charge in [0.05, 0.1) is 15.4 Å². The Morgan fingerprint density at radius 1 is 1.22 bits per heavy atom.